The van der Waals surface area contributed by atoms with Crippen LogP contribution in [0.4, 0.5) is 0 Å². The molecule has 13 heavy (non-hydrogen) atoms. The molecule has 5 heteroatoms. The van der Waals surface area contributed by atoms with Gasteiger partial charge in [-0.25, -0.2) is 4.83 Å². The SMILES string of the molecule is C1=Cc2c3c(ccc2=NO1)=NNS3. The second-order valence-electron chi connectivity index (χ2n) is 2.65. The van der Waals surface area contributed by atoms with E-state index in [1.807, 2.05) is 18.2 Å². The van der Waals surface area contributed by atoms with Gasteiger partial charge in [-0.3, -0.25) is 0 Å². The summed E-state index contributed by atoms with van der Waals surface area (Å²) >= 11 is 1.50. The van der Waals surface area contributed by atoms with E-state index in [0.717, 1.165) is 21.2 Å². The van der Waals surface area contributed by atoms with Crippen LogP contribution in [-0.4, -0.2) is 0 Å². The lowest BCUT2D eigenvalue weighted by Gasteiger charge is -2.02. The zero-order valence-electron chi connectivity index (χ0n) is 6.52. The van der Waals surface area contributed by atoms with E-state index in [4.69, 9.17) is 4.84 Å². The number of rotatable bonds is 0. The highest BCUT2D eigenvalue weighted by atomic mass is 32.2. The number of fused-ring (bicyclic) bond motifs is 3. The fraction of sp³-hybridized carbons (Fsp3) is 0. The number of nitrogens with one attached hydrogen (secondary N) is 1. The first-order chi connectivity index (χ1) is 6.45. The van der Waals surface area contributed by atoms with Crippen LogP contribution in [0.1, 0.15) is 5.56 Å². The highest BCUT2D eigenvalue weighted by Crippen LogP contribution is 2.18. The zero-order chi connectivity index (χ0) is 8.67. The van der Waals surface area contributed by atoms with Crippen LogP contribution in [-0.2, 0) is 4.84 Å². The molecule has 0 fully saturated rings. The molecule has 0 spiro atoms. The van der Waals surface area contributed by atoms with Gasteiger partial charge in [-0.15, -0.1) is 0 Å². The van der Waals surface area contributed by atoms with E-state index >= 15 is 0 Å². The molecule has 0 unspecified atom stereocenters. The summed E-state index contributed by atoms with van der Waals surface area (Å²) in [5, 5.41) is 9.82. The minimum atomic E-state index is 0.854. The maximum atomic E-state index is 4.84. The van der Waals surface area contributed by atoms with Crippen molar-refractivity contribution in [3.8, 4) is 0 Å². The summed E-state index contributed by atoms with van der Waals surface area (Å²) in [4.78, 5) is 8.81. The quantitative estimate of drug-likeness (QED) is 0.602. The number of benzene rings is 1. The normalized spacial score (nSPS) is 16.0. The Balaban J connectivity index is 2.44. The van der Waals surface area contributed by atoms with E-state index < -0.39 is 0 Å². The Morgan fingerprint density at radius 1 is 1.31 bits per heavy atom. The average Bonchev–Trinajstić information content (AvgIpc) is 2.65. The van der Waals surface area contributed by atoms with Crippen molar-refractivity contribution in [3.63, 3.8) is 0 Å². The van der Waals surface area contributed by atoms with Crippen LogP contribution in [0.2, 0.25) is 0 Å². The van der Waals surface area contributed by atoms with Gasteiger partial charge in [0.15, 0.2) is 0 Å². The van der Waals surface area contributed by atoms with Gasteiger partial charge in [-0.05, 0) is 18.2 Å². The third kappa shape index (κ3) is 0.936. The van der Waals surface area contributed by atoms with Crippen molar-refractivity contribution in [2.75, 3.05) is 0 Å². The molecule has 0 aromatic heterocycles. The van der Waals surface area contributed by atoms with E-state index in [9.17, 15) is 0 Å². The van der Waals surface area contributed by atoms with Crippen LogP contribution in [0.5, 0.6) is 0 Å². The molecule has 2 aliphatic heterocycles. The van der Waals surface area contributed by atoms with Gasteiger partial charge >= 0.3 is 0 Å². The van der Waals surface area contributed by atoms with Crippen molar-refractivity contribution in [1.29, 1.82) is 0 Å². The van der Waals surface area contributed by atoms with Gasteiger partial charge in [0, 0.05) is 17.5 Å². The third-order valence-corrected chi connectivity index (χ3v) is 2.73. The Morgan fingerprint density at radius 2 is 2.23 bits per heavy atom. The fourth-order valence-electron chi connectivity index (χ4n) is 1.32. The van der Waals surface area contributed by atoms with Crippen molar-refractivity contribution in [2.24, 2.45) is 10.3 Å². The monoisotopic (exact) mass is 191 g/mol. The van der Waals surface area contributed by atoms with Crippen LogP contribution in [0.25, 0.3) is 6.08 Å². The molecule has 2 aliphatic rings. The molecule has 4 nitrogen and oxygen atoms in total. The van der Waals surface area contributed by atoms with Gasteiger partial charge in [-0.1, -0.05) is 5.16 Å². The fourth-order valence-corrected chi connectivity index (χ4v) is 2.05. The topological polar surface area (TPSA) is 46.0 Å². The first kappa shape index (κ1) is 6.97. The summed E-state index contributed by atoms with van der Waals surface area (Å²) in [5.74, 6) is 0. The van der Waals surface area contributed by atoms with Gasteiger partial charge in [0.2, 0.25) is 0 Å². The minimum Gasteiger partial charge on any atom is -0.364 e. The van der Waals surface area contributed by atoms with Gasteiger partial charge in [-0.2, -0.15) is 5.10 Å². The summed E-state index contributed by atoms with van der Waals surface area (Å²) < 4.78 is 0. The second-order valence-corrected chi connectivity index (χ2v) is 3.45. The Morgan fingerprint density at radius 3 is 3.23 bits per heavy atom. The van der Waals surface area contributed by atoms with E-state index in [0.29, 0.717) is 0 Å². The predicted octanol–water partition coefficient (Wildman–Crippen LogP) is 0.367. The minimum absolute atomic E-state index is 0.854. The summed E-state index contributed by atoms with van der Waals surface area (Å²) in [6.07, 6.45) is 3.47. The van der Waals surface area contributed by atoms with Crippen LogP contribution in [0.3, 0.4) is 0 Å². The molecule has 0 aliphatic carbocycles. The first-order valence-electron chi connectivity index (χ1n) is 3.78. The number of hydrogen-bond acceptors (Lipinski definition) is 5. The van der Waals surface area contributed by atoms with E-state index in [-0.39, 0.29) is 0 Å². The predicted molar refractivity (Wildman–Crippen MR) is 47.9 cm³/mol. The average molecular weight is 191 g/mol. The molecular weight excluding hydrogens is 186 g/mol. The highest BCUT2D eigenvalue weighted by Gasteiger charge is 2.12. The van der Waals surface area contributed by atoms with Crippen molar-refractivity contribution >= 4 is 18.0 Å². The molecule has 1 N–H and O–H groups in total. The van der Waals surface area contributed by atoms with E-state index in [2.05, 4.69) is 15.1 Å². The lowest BCUT2D eigenvalue weighted by Crippen LogP contribution is -2.16. The highest BCUT2D eigenvalue weighted by molar-refractivity contribution is 7.97. The lowest BCUT2D eigenvalue weighted by molar-refractivity contribution is 0.252. The van der Waals surface area contributed by atoms with Crippen molar-refractivity contribution in [2.45, 2.75) is 4.90 Å². The summed E-state index contributed by atoms with van der Waals surface area (Å²) in [6, 6.07) is 3.82. The van der Waals surface area contributed by atoms with Crippen LogP contribution >= 0.6 is 11.9 Å². The maximum Gasteiger partial charge on any atom is 0.122 e. The van der Waals surface area contributed by atoms with E-state index in [1.165, 1.54) is 11.9 Å². The molecule has 64 valence electrons. The van der Waals surface area contributed by atoms with Crippen molar-refractivity contribution in [1.82, 2.24) is 4.83 Å². The van der Waals surface area contributed by atoms with E-state index in [1.54, 1.807) is 6.26 Å². The first-order valence-corrected chi connectivity index (χ1v) is 4.60. The van der Waals surface area contributed by atoms with Crippen LogP contribution in [0, 0.1) is 0 Å². The molecule has 0 radical (unpaired) electrons. The zero-order valence-corrected chi connectivity index (χ0v) is 7.34. The largest absolute Gasteiger partial charge is 0.364 e. The van der Waals surface area contributed by atoms with Crippen molar-refractivity contribution < 1.29 is 4.84 Å². The molecule has 2 heterocycles. The standard InChI is InChI=1S/C8H5N3OS/c1-2-7-8(13-11-9-7)5-3-4-12-10-6(1)5/h1-4,11H. The summed E-state index contributed by atoms with van der Waals surface area (Å²) in [7, 11) is 0. The molecule has 1 aromatic carbocycles. The van der Waals surface area contributed by atoms with Crippen LogP contribution < -0.4 is 15.5 Å². The van der Waals surface area contributed by atoms with Gasteiger partial charge in [0.1, 0.15) is 17.0 Å². The summed E-state index contributed by atoms with van der Waals surface area (Å²) in [6.45, 7) is 0. The van der Waals surface area contributed by atoms with Crippen molar-refractivity contribution in [3.05, 3.63) is 34.7 Å². The third-order valence-electron chi connectivity index (χ3n) is 1.91. The van der Waals surface area contributed by atoms with Gasteiger partial charge < -0.3 is 4.84 Å². The Hall–Kier alpha value is -1.49. The van der Waals surface area contributed by atoms with Gasteiger partial charge in [0.05, 0.1) is 4.90 Å². The van der Waals surface area contributed by atoms with Crippen LogP contribution in [0.15, 0.2) is 33.5 Å². The molecule has 0 amide bonds. The molecule has 1 aromatic rings. The number of nitrogens with zero attached hydrogens (tertiary/aromatic N) is 2. The molecule has 0 bridgehead atoms. The lowest BCUT2D eigenvalue weighted by atomic mass is 10.2. The Bertz CT molecular complexity index is 509. The Labute approximate surface area is 78.1 Å². The maximum absolute atomic E-state index is 4.84. The summed E-state index contributed by atoms with van der Waals surface area (Å²) in [5.41, 5.74) is 1.07. The molecule has 0 saturated carbocycles. The molecule has 3 rings (SSSR count). The van der Waals surface area contributed by atoms with Gasteiger partial charge in [0.25, 0.3) is 0 Å². The molecule has 0 atom stereocenters. The second kappa shape index (κ2) is 2.50. The Kier molecular flexibility index (Phi) is 1.34. The molecular formula is C8H5N3OS. The molecule has 0 saturated heterocycles. The smallest absolute Gasteiger partial charge is 0.122 e. The number of hydrogen-bond donors (Lipinski definition) is 1.